The number of Topliss-reactive ketones (excluding diaryl/α,β-unsaturated/α-hetero) is 6. The van der Waals surface area contributed by atoms with Gasteiger partial charge in [0.2, 0.25) is 0 Å². The van der Waals surface area contributed by atoms with E-state index in [4.69, 9.17) is 16.2 Å². The van der Waals surface area contributed by atoms with E-state index in [1.807, 2.05) is 0 Å². The Morgan fingerprint density at radius 3 is 1.27 bits per heavy atom. The molecule has 0 radical (unpaired) electrons. The fraction of sp³-hybridized carbons (Fsp3) is 0.357. The summed E-state index contributed by atoms with van der Waals surface area (Å²) in [5, 5.41) is 0. The highest BCUT2D eigenvalue weighted by atomic mass is 16.5. The number of ketones is 6. The van der Waals surface area contributed by atoms with Crippen molar-refractivity contribution in [1.82, 2.24) is 0 Å². The van der Waals surface area contributed by atoms with Crippen LogP contribution in [0.5, 0.6) is 11.5 Å². The first-order chi connectivity index (χ1) is 17.3. The molecular formula is C28H28N2O7. The van der Waals surface area contributed by atoms with Gasteiger partial charge in [0.15, 0.2) is 34.7 Å². The molecule has 4 atom stereocenters. The van der Waals surface area contributed by atoms with Crippen molar-refractivity contribution in [3.8, 4) is 11.5 Å². The average Bonchev–Trinajstić information content (AvgIpc) is 3.25. The van der Waals surface area contributed by atoms with Gasteiger partial charge in [-0.15, -0.1) is 0 Å². The second-order valence-corrected chi connectivity index (χ2v) is 10.2. The number of fused-ring (bicyclic) bond motifs is 2. The molecule has 2 aromatic rings. The molecule has 0 saturated carbocycles. The SMILES string of the molecule is CC(C)[C@@H](N)C(=O)C1C(=O)c2ccc(Oc3ccc4c(c3)C(=O)C(C(=O)[C@H](N)C(C)C)C4=O)cc2C1=O. The van der Waals surface area contributed by atoms with Crippen LogP contribution in [0.25, 0.3) is 0 Å². The third-order valence-corrected chi connectivity index (χ3v) is 6.99. The van der Waals surface area contributed by atoms with Crippen LogP contribution in [-0.2, 0) is 9.59 Å². The van der Waals surface area contributed by atoms with Crippen LogP contribution in [0.15, 0.2) is 36.4 Å². The molecule has 0 amide bonds. The highest BCUT2D eigenvalue weighted by Crippen LogP contribution is 2.36. The van der Waals surface area contributed by atoms with Gasteiger partial charge in [-0.05, 0) is 48.2 Å². The molecule has 0 fully saturated rings. The summed E-state index contributed by atoms with van der Waals surface area (Å²) in [7, 11) is 0. The molecule has 0 saturated heterocycles. The lowest BCUT2D eigenvalue weighted by Crippen LogP contribution is -2.43. The Labute approximate surface area is 213 Å². The molecule has 2 aliphatic carbocycles. The second-order valence-electron chi connectivity index (χ2n) is 10.2. The van der Waals surface area contributed by atoms with Crippen LogP contribution in [-0.4, -0.2) is 46.8 Å². The van der Waals surface area contributed by atoms with Gasteiger partial charge in [0.05, 0.1) is 12.1 Å². The third kappa shape index (κ3) is 4.34. The highest BCUT2D eigenvalue weighted by Gasteiger charge is 2.46. The number of benzene rings is 2. The van der Waals surface area contributed by atoms with Crippen LogP contribution in [0.3, 0.4) is 0 Å². The molecule has 4 rings (SSSR count). The number of ether oxygens (including phenoxy) is 1. The minimum atomic E-state index is -1.47. The smallest absolute Gasteiger partial charge is 0.182 e. The largest absolute Gasteiger partial charge is 0.457 e. The summed E-state index contributed by atoms with van der Waals surface area (Å²) in [6, 6.07) is 6.57. The van der Waals surface area contributed by atoms with Gasteiger partial charge in [-0.25, -0.2) is 0 Å². The maximum absolute atomic E-state index is 12.9. The molecule has 0 aromatic heterocycles. The Kier molecular flexibility index (Phi) is 6.79. The van der Waals surface area contributed by atoms with Gasteiger partial charge in [-0.2, -0.15) is 0 Å². The normalized spacial score (nSPS) is 20.3. The molecule has 2 unspecified atom stereocenters. The Morgan fingerprint density at radius 1 is 0.622 bits per heavy atom. The molecule has 4 N–H and O–H groups in total. The molecule has 2 aliphatic rings. The van der Waals surface area contributed by atoms with E-state index in [1.165, 1.54) is 36.4 Å². The van der Waals surface area contributed by atoms with Crippen molar-refractivity contribution in [2.75, 3.05) is 0 Å². The standard InChI is InChI=1S/C28H28N2O7/c1-11(2)21(29)27(35)19-23(31)15-7-5-13(9-17(15)25(19)33)37-14-6-8-16-18(10-14)26(34)20(24(16)32)28(36)22(30)12(3)4/h5-12,19-22H,29-30H2,1-4H3/t19?,20?,21-,22-/m1/s1. The van der Waals surface area contributed by atoms with Crippen molar-refractivity contribution in [2.45, 2.75) is 39.8 Å². The van der Waals surface area contributed by atoms with Crippen molar-refractivity contribution in [1.29, 1.82) is 0 Å². The van der Waals surface area contributed by atoms with Crippen LogP contribution >= 0.6 is 0 Å². The van der Waals surface area contributed by atoms with E-state index in [0.29, 0.717) is 0 Å². The van der Waals surface area contributed by atoms with E-state index in [9.17, 15) is 28.8 Å². The average molecular weight is 505 g/mol. The fourth-order valence-electron chi connectivity index (χ4n) is 4.57. The number of carbonyl (C=O) groups is 6. The Bertz CT molecular complexity index is 1270. The van der Waals surface area contributed by atoms with Crippen LogP contribution in [0.4, 0.5) is 0 Å². The first kappa shape index (κ1) is 26.2. The zero-order chi connectivity index (χ0) is 27.3. The van der Waals surface area contributed by atoms with Gasteiger partial charge in [0, 0.05) is 22.3 Å². The third-order valence-electron chi connectivity index (χ3n) is 6.99. The lowest BCUT2D eigenvalue weighted by atomic mass is 9.89. The summed E-state index contributed by atoms with van der Waals surface area (Å²) < 4.78 is 5.81. The number of hydrogen-bond donors (Lipinski definition) is 2. The molecule has 0 heterocycles. The van der Waals surface area contributed by atoms with Gasteiger partial charge in [0.25, 0.3) is 0 Å². The van der Waals surface area contributed by atoms with E-state index < -0.39 is 58.6 Å². The van der Waals surface area contributed by atoms with Crippen molar-refractivity contribution >= 4 is 34.7 Å². The topological polar surface area (TPSA) is 164 Å². The van der Waals surface area contributed by atoms with Crippen molar-refractivity contribution in [3.05, 3.63) is 58.7 Å². The summed E-state index contributed by atoms with van der Waals surface area (Å²) in [5.74, 6) is -6.74. The van der Waals surface area contributed by atoms with E-state index in [1.54, 1.807) is 27.7 Å². The molecule has 192 valence electrons. The quantitative estimate of drug-likeness (QED) is 0.514. The Balaban J connectivity index is 1.58. The summed E-state index contributed by atoms with van der Waals surface area (Å²) in [4.78, 5) is 76.8. The lowest BCUT2D eigenvalue weighted by molar-refractivity contribution is -0.123. The molecule has 37 heavy (non-hydrogen) atoms. The van der Waals surface area contributed by atoms with E-state index in [2.05, 4.69) is 0 Å². The molecule has 9 nitrogen and oxygen atoms in total. The molecule has 0 bridgehead atoms. The number of hydrogen-bond acceptors (Lipinski definition) is 9. The monoisotopic (exact) mass is 504 g/mol. The van der Waals surface area contributed by atoms with Gasteiger partial charge >= 0.3 is 0 Å². The van der Waals surface area contributed by atoms with Crippen LogP contribution in [0.1, 0.15) is 69.1 Å². The maximum atomic E-state index is 12.9. The second kappa shape index (κ2) is 9.57. The van der Waals surface area contributed by atoms with Crippen molar-refractivity contribution in [2.24, 2.45) is 35.1 Å². The van der Waals surface area contributed by atoms with Crippen LogP contribution in [0.2, 0.25) is 0 Å². The van der Waals surface area contributed by atoms with Gasteiger partial charge < -0.3 is 16.2 Å². The zero-order valence-electron chi connectivity index (χ0n) is 20.9. The number of carbonyl (C=O) groups excluding carboxylic acids is 6. The summed E-state index contributed by atoms with van der Waals surface area (Å²) >= 11 is 0. The highest BCUT2D eigenvalue weighted by molar-refractivity contribution is 6.37. The van der Waals surface area contributed by atoms with Crippen molar-refractivity contribution < 1.29 is 33.5 Å². The molecule has 2 aromatic carbocycles. The zero-order valence-corrected chi connectivity index (χ0v) is 20.9. The van der Waals surface area contributed by atoms with E-state index in [0.717, 1.165) is 0 Å². The maximum Gasteiger partial charge on any atom is 0.182 e. The summed E-state index contributed by atoms with van der Waals surface area (Å²) in [6.45, 7) is 6.93. The van der Waals surface area contributed by atoms with Gasteiger partial charge in [-0.1, -0.05) is 27.7 Å². The first-order valence-electron chi connectivity index (χ1n) is 12.1. The first-order valence-corrected chi connectivity index (χ1v) is 12.1. The minimum Gasteiger partial charge on any atom is -0.457 e. The van der Waals surface area contributed by atoms with Crippen molar-refractivity contribution in [3.63, 3.8) is 0 Å². The predicted molar refractivity (Wildman–Crippen MR) is 133 cm³/mol. The van der Waals surface area contributed by atoms with Crippen LogP contribution < -0.4 is 16.2 Å². The lowest BCUT2D eigenvalue weighted by Gasteiger charge is -2.16. The number of rotatable bonds is 8. The molecular weight excluding hydrogens is 476 g/mol. The molecule has 0 aliphatic heterocycles. The van der Waals surface area contributed by atoms with E-state index in [-0.39, 0.29) is 45.6 Å². The minimum absolute atomic E-state index is 0.0533. The summed E-state index contributed by atoms with van der Waals surface area (Å²) in [5.41, 5.74) is 12.1. The summed E-state index contributed by atoms with van der Waals surface area (Å²) in [6.07, 6.45) is 0. The molecule has 0 spiro atoms. The van der Waals surface area contributed by atoms with Gasteiger partial charge in [0.1, 0.15) is 23.3 Å². The fourth-order valence-corrected chi connectivity index (χ4v) is 4.57. The molecule has 9 heteroatoms. The Hall–Kier alpha value is -3.82. The van der Waals surface area contributed by atoms with Gasteiger partial charge in [-0.3, -0.25) is 28.8 Å². The predicted octanol–water partition coefficient (Wildman–Crippen LogP) is 2.57. The van der Waals surface area contributed by atoms with E-state index >= 15 is 0 Å². The Morgan fingerprint density at radius 2 is 0.946 bits per heavy atom. The number of nitrogens with two attached hydrogens (primary N) is 2. The van der Waals surface area contributed by atoms with Crippen LogP contribution in [0, 0.1) is 23.7 Å².